The summed E-state index contributed by atoms with van der Waals surface area (Å²) in [5.74, 6) is 1.26. The van der Waals surface area contributed by atoms with Gasteiger partial charge in [-0.25, -0.2) is 0 Å². The van der Waals surface area contributed by atoms with Crippen molar-refractivity contribution in [3.63, 3.8) is 0 Å². The first-order valence-corrected chi connectivity index (χ1v) is 8.07. The Balaban J connectivity index is 1.75. The Bertz CT molecular complexity index is 902. The molecule has 0 saturated heterocycles. The van der Waals surface area contributed by atoms with Crippen LogP contribution in [0.25, 0.3) is 10.9 Å². The minimum Gasteiger partial charge on any atom is -0.493 e. The predicted molar refractivity (Wildman–Crippen MR) is 96.9 cm³/mol. The van der Waals surface area contributed by atoms with Gasteiger partial charge in [-0.1, -0.05) is 24.3 Å². The van der Waals surface area contributed by atoms with E-state index in [0.717, 1.165) is 11.1 Å². The van der Waals surface area contributed by atoms with Crippen LogP contribution in [0.4, 0.5) is 5.69 Å². The molecule has 2 aromatic carbocycles. The van der Waals surface area contributed by atoms with E-state index in [1.807, 2.05) is 49.4 Å². The van der Waals surface area contributed by atoms with E-state index in [9.17, 15) is 10.0 Å². The molecule has 0 unspecified atom stereocenters. The summed E-state index contributed by atoms with van der Waals surface area (Å²) in [6.45, 7) is 2.86. The number of para-hydroxylation sites is 2. The lowest BCUT2D eigenvalue weighted by atomic mass is 10.1. The van der Waals surface area contributed by atoms with Gasteiger partial charge in [0, 0.05) is 11.9 Å². The highest BCUT2D eigenvalue weighted by Crippen LogP contribution is 2.40. The minimum absolute atomic E-state index is 0.0961. The van der Waals surface area contributed by atoms with Crippen molar-refractivity contribution >= 4 is 16.6 Å². The molecule has 0 atom stereocenters. The Hall–Kier alpha value is -3.02. The second-order valence-electron chi connectivity index (χ2n) is 5.74. The van der Waals surface area contributed by atoms with E-state index in [2.05, 4.69) is 5.18 Å². The van der Waals surface area contributed by atoms with Crippen LogP contribution in [0, 0.1) is 11.8 Å². The third kappa shape index (κ3) is 3.15. The van der Waals surface area contributed by atoms with Gasteiger partial charge in [-0.15, -0.1) is 4.91 Å². The van der Waals surface area contributed by atoms with Crippen LogP contribution in [0.15, 0.2) is 47.6 Å². The number of rotatable bonds is 7. The van der Waals surface area contributed by atoms with Crippen LogP contribution in [-0.2, 0) is 6.54 Å². The van der Waals surface area contributed by atoms with E-state index in [0.29, 0.717) is 36.5 Å². The Morgan fingerprint density at radius 1 is 1.12 bits per heavy atom. The van der Waals surface area contributed by atoms with Crippen LogP contribution in [-0.4, -0.2) is 23.4 Å². The third-order valence-corrected chi connectivity index (χ3v) is 4.19. The van der Waals surface area contributed by atoms with E-state index >= 15 is 0 Å². The van der Waals surface area contributed by atoms with Crippen LogP contribution in [0.5, 0.6) is 17.4 Å². The van der Waals surface area contributed by atoms with Crippen LogP contribution in [0.1, 0.15) is 12.0 Å². The number of hydrogen-bond acceptors (Lipinski definition) is 5. The molecule has 0 spiro atoms. The van der Waals surface area contributed by atoms with Crippen molar-refractivity contribution in [2.75, 3.05) is 13.7 Å². The highest BCUT2D eigenvalue weighted by atomic mass is 16.5. The normalized spacial score (nSPS) is 10.8. The molecule has 0 bridgehead atoms. The molecule has 0 aliphatic rings. The summed E-state index contributed by atoms with van der Waals surface area (Å²) in [5.41, 5.74) is 1.80. The summed E-state index contributed by atoms with van der Waals surface area (Å²) in [5, 5.41) is 14.0. The molecular weight excluding hydrogens is 320 g/mol. The van der Waals surface area contributed by atoms with Crippen molar-refractivity contribution in [1.82, 2.24) is 4.57 Å². The number of nitroso groups, excluding NO2 is 1. The van der Waals surface area contributed by atoms with Gasteiger partial charge >= 0.3 is 0 Å². The fraction of sp³-hybridized carbons (Fsp3) is 0.263. The summed E-state index contributed by atoms with van der Waals surface area (Å²) >= 11 is 0. The average molecular weight is 340 g/mol. The van der Waals surface area contributed by atoms with Gasteiger partial charge in [-0.2, -0.15) is 0 Å². The molecule has 1 N–H and O–H groups in total. The number of benzene rings is 2. The van der Waals surface area contributed by atoms with Gasteiger partial charge in [-0.3, -0.25) is 0 Å². The largest absolute Gasteiger partial charge is 0.493 e. The number of methoxy groups -OCH3 is 1. The first kappa shape index (κ1) is 16.8. The second-order valence-corrected chi connectivity index (χ2v) is 5.74. The first-order valence-electron chi connectivity index (χ1n) is 8.07. The van der Waals surface area contributed by atoms with Gasteiger partial charge in [0.1, 0.15) is 0 Å². The van der Waals surface area contributed by atoms with Gasteiger partial charge in [0.25, 0.3) is 0 Å². The zero-order valence-electron chi connectivity index (χ0n) is 14.2. The van der Waals surface area contributed by atoms with Gasteiger partial charge < -0.3 is 19.1 Å². The molecule has 1 heterocycles. The minimum atomic E-state index is -0.100. The number of aromatic hydroxyl groups is 1. The summed E-state index contributed by atoms with van der Waals surface area (Å²) < 4.78 is 12.7. The Morgan fingerprint density at radius 3 is 2.60 bits per heavy atom. The molecular formula is C19H20N2O4. The number of ether oxygens (including phenoxy) is 2. The number of nitrogens with zero attached hydrogens (tertiary/aromatic N) is 2. The van der Waals surface area contributed by atoms with E-state index in [4.69, 9.17) is 9.47 Å². The molecule has 25 heavy (non-hydrogen) atoms. The highest BCUT2D eigenvalue weighted by Gasteiger charge is 2.18. The first-order chi connectivity index (χ1) is 12.2. The van der Waals surface area contributed by atoms with E-state index in [1.165, 1.54) is 0 Å². The number of aryl methyl sites for hydroxylation is 2. The Kier molecular flexibility index (Phi) is 4.88. The third-order valence-electron chi connectivity index (χ3n) is 4.19. The molecule has 0 aliphatic heterocycles. The summed E-state index contributed by atoms with van der Waals surface area (Å²) in [6.07, 6.45) is 0.654. The molecule has 6 nitrogen and oxygen atoms in total. The van der Waals surface area contributed by atoms with Gasteiger partial charge in [0.05, 0.1) is 19.2 Å². The van der Waals surface area contributed by atoms with Gasteiger partial charge in [-0.05, 0) is 42.3 Å². The summed E-state index contributed by atoms with van der Waals surface area (Å²) in [6, 6.07) is 13.1. The smallest absolute Gasteiger partial charge is 0.222 e. The molecule has 3 rings (SSSR count). The maximum Gasteiger partial charge on any atom is 0.222 e. The van der Waals surface area contributed by atoms with Crippen molar-refractivity contribution in [1.29, 1.82) is 0 Å². The zero-order chi connectivity index (χ0) is 17.8. The lowest BCUT2D eigenvalue weighted by Gasteiger charge is -2.11. The van der Waals surface area contributed by atoms with Gasteiger partial charge in [0.15, 0.2) is 17.2 Å². The quantitative estimate of drug-likeness (QED) is 0.506. The van der Waals surface area contributed by atoms with Gasteiger partial charge in [0.2, 0.25) is 5.88 Å². The summed E-state index contributed by atoms with van der Waals surface area (Å²) in [7, 11) is 1.60. The molecule has 1 aromatic heterocycles. The molecule has 0 radical (unpaired) electrons. The highest BCUT2D eigenvalue weighted by molar-refractivity contribution is 5.97. The van der Waals surface area contributed by atoms with Crippen LogP contribution >= 0.6 is 0 Å². The lowest BCUT2D eigenvalue weighted by Crippen LogP contribution is -2.05. The van der Waals surface area contributed by atoms with Crippen molar-refractivity contribution < 1.29 is 14.6 Å². The maximum atomic E-state index is 11.1. The average Bonchev–Trinajstić information content (AvgIpc) is 2.91. The van der Waals surface area contributed by atoms with Crippen LogP contribution in [0.3, 0.4) is 0 Å². The number of fused-ring (bicyclic) bond motifs is 1. The maximum absolute atomic E-state index is 11.1. The van der Waals surface area contributed by atoms with Crippen molar-refractivity contribution in [3.8, 4) is 17.4 Å². The van der Waals surface area contributed by atoms with Crippen molar-refractivity contribution in [3.05, 3.63) is 52.9 Å². The monoisotopic (exact) mass is 340 g/mol. The van der Waals surface area contributed by atoms with E-state index in [-0.39, 0.29) is 11.6 Å². The fourth-order valence-electron chi connectivity index (χ4n) is 2.99. The molecule has 0 saturated carbocycles. The SMILES string of the molecule is COc1ccccc1OCCCn1c(O)c(N=O)c2c(C)cccc21. The number of hydrogen-bond donors (Lipinski definition) is 1. The van der Waals surface area contributed by atoms with E-state index < -0.39 is 0 Å². The Labute approximate surface area is 145 Å². The Morgan fingerprint density at radius 2 is 1.88 bits per heavy atom. The predicted octanol–water partition coefficient (Wildman–Crippen LogP) is 4.53. The van der Waals surface area contributed by atoms with Crippen LogP contribution in [0.2, 0.25) is 0 Å². The van der Waals surface area contributed by atoms with Crippen LogP contribution < -0.4 is 9.47 Å². The molecule has 0 aliphatic carbocycles. The lowest BCUT2D eigenvalue weighted by molar-refractivity contribution is 0.280. The molecule has 0 fully saturated rings. The standard InChI is InChI=1S/C19H20N2O4/c1-13-7-5-8-14-17(13)18(20-23)19(22)21(14)11-6-12-25-16-10-4-3-9-15(16)24-2/h3-5,7-10,22H,6,11-12H2,1-2H3. The van der Waals surface area contributed by atoms with E-state index in [1.54, 1.807) is 11.7 Å². The topological polar surface area (TPSA) is 73.1 Å². The molecule has 0 amide bonds. The zero-order valence-corrected chi connectivity index (χ0v) is 14.2. The summed E-state index contributed by atoms with van der Waals surface area (Å²) in [4.78, 5) is 11.1. The second kappa shape index (κ2) is 7.25. The van der Waals surface area contributed by atoms with Crippen molar-refractivity contribution in [2.24, 2.45) is 5.18 Å². The molecule has 3 aromatic rings. The molecule has 130 valence electrons. The molecule has 6 heteroatoms. The number of aromatic nitrogens is 1. The fourth-order valence-corrected chi connectivity index (χ4v) is 2.99. The van der Waals surface area contributed by atoms with Crippen molar-refractivity contribution in [2.45, 2.75) is 19.9 Å².